The van der Waals surface area contributed by atoms with Gasteiger partial charge in [0.25, 0.3) is 11.7 Å². The average molecular weight is 741 g/mol. The minimum absolute atomic E-state index is 0.0703. The minimum Gasteiger partial charge on any atom is -0.506 e. The van der Waals surface area contributed by atoms with Crippen LogP contribution in [0.1, 0.15) is 91.9 Å². The first kappa shape index (κ1) is 44.3. The third-order valence-electron chi connectivity index (χ3n) is 8.67. The molecule has 2 rings (SSSR count). The molecular formula is C32H56N2O17. The lowest BCUT2D eigenvalue weighted by Gasteiger charge is -2.53. The third-order valence-corrected chi connectivity index (χ3v) is 8.67. The summed E-state index contributed by atoms with van der Waals surface area (Å²) in [5.74, 6) is -13.6. The van der Waals surface area contributed by atoms with E-state index in [1.807, 2.05) is 0 Å². The Morgan fingerprint density at radius 1 is 1.04 bits per heavy atom. The molecule has 2 saturated heterocycles. The SMILES string of the molecule is CCCCCCCCCCOC(=O)O[C@@H]1CC[C@H](NC(=O)[C@H](OOC)[C@]2(O)OC(C)(C)O[C@@](O)(/C(O)=C(\O)C(C)(CO)OC)[C@H]2OO)C(=O)NC1. The van der Waals surface area contributed by atoms with Crippen LogP contribution in [0.3, 0.4) is 0 Å². The topological polar surface area (TPSA) is 270 Å². The molecule has 2 aliphatic rings. The van der Waals surface area contributed by atoms with E-state index in [4.69, 9.17) is 28.6 Å². The van der Waals surface area contributed by atoms with Crippen molar-refractivity contribution in [1.82, 2.24) is 10.6 Å². The molecule has 2 fully saturated rings. The molecule has 19 nitrogen and oxygen atoms in total. The molecule has 1 unspecified atom stereocenters. The van der Waals surface area contributed by atoms with Crippen LogP contribution in [0.5, 0.6) is 0 Å². The zero-order valence-electron chi connectivity index (χ0n) is 30.2. The van der Waals surface area contributed by atoms with Gasteiger partial charge in [-0.1, -0.05) is 51.9 Å². The number of carbonyl (C=O) groups is 3. The van der Waals surface area contributed by atoms with Crippen LogP contribution in [0.15, 0.2) is 11.5 Å². The summed E-state index contributed by atoms with van der Waals surface area (Å²) in [4.78, 5) is 52.7. The zero-order valence-corrected chi connectivity index (χ0v) is 30.2. The zero-order chi connectivity index (χ0) is 38.5. The van der Waals surface area contributed by atoms with Gasteiger partial charge >= 0.3 is 6.16 Å². The number of unbranched alkanes of at least 4 members (excludes halogenated alkanes) is 7. The lowest BCUT2D eigenvalue weighted by atomic mass is 9.89. The van der Waals surface area contributed by atoms with Gasteiger partial charge in [-0.3, -0.25) is 14.8 Å². The van der Waals surface area contributed by atoms with Gasteiger partial charge in [0.1, 0.15) is 17.7 Å². The Bertz CT molecular complexity index is 1160. The number of methoxy groups -OCH3 is 1. The summed E-state index contributed by atoms with van der Waals surface area (Å²) >= 11 is 0. The summed E-state index contributed by atoms with van der Waals surface area (Å²) in [6.07, 6.45) is 1.80. The van der Waals surface area contributed by atoms with E-state index in [1.54, 1.807) is 0 Å². The van der Waals surface area contributed by atoms with Crippen molar-refractivity contribution in [3.63, 3.8) is 0 Å². The van der Waals surface area contributed by atoms with Crippen molar-refractivity contribution in [3.05, 3.63) is 11.5 Å². The van der Waals surface area contributed by atoms with Crippen molar-refractivity contribution >= 4 is 18.0 Å². The molecule has 0 aromatic heterocycles. The average Bonchev–Trinajstić information content (AvgIpc) is 3.24. The smallest absolute Gasteiger partial charge is 0.506 e. The number of carbonyl (C=O) groups excluding carboxylic acids is 3. The van der Waals surface area contributed by atoms with E-state index in [9.17, 15) is 45.2 Å². The standard InChI is InChI=1S/C32H56N2O17/c1-7-8-9-10-11-12-13-14-17-46-28(40)47-20-15-16-21(25(38)33-18-20)34-26(39)24(49-45-6)32(42)27(48-43)31(41,50-29(2,3)51-32)23(37)22(36)30(4,19-35)44-5/h20-21,24,27,35-37,41-43H,7-19H2,1-6H3,(H,33,38)(H,34,39)/b23-22+/t20-,21+,24+,27-,30?,31+,32+/m1/s1. The van der Waals surface area contributed by atoms with Gasteiger partial charge in [-0.25, -0.2) is 19.5 Å². The normalized spacial score (nSPS) is 28.7. The fraction of sp³-hybridized carbons (Fsp3) is 0.844. The monoisotopic (exact) mass is 740 g/mol. The van der Waals surface area contributed by atoms with E-state index in [0.29, 0.717) is 6.42 Å². The summed E-state index contributed by atoms with van der Waals surface area (Å²) in [5, 5.41) is 69.5. The molecule has 2 aliphatic heterocycles. The van der Waals surface area contributed by atoms with Crippen molar-refractivity contribution in [2.45, 2.75) is 139 Å². The molecule has 0 spiro atoms. The van der Waals surface area contributed by atoms with Crippen LogP contribution in [0.4, 0.5) is 4.79 Å². The second kappa shape index (κ2) is 19.8. The van der Waals surface area contributed by atoms with E-state index >= 15 is 0 Å². The molecule has 19 heteroatoms. The van der Waals surface area contributed by atoms with Gasteiger partial charge in [-0.2, -0.15) is 0 Å². The molecule has 2 amide bonds. The van der Waals surface area contributed by atoms with E-state index in [-0.39, 0.29) is 26.0 Å². The highest BCUT2D eigenvalue weighted by Gasteiger charge is 2.70. The maximum Gasteiger partial charge on any atom is 0.508 e. The van der Waals surface area contributed by atoms with Crippen LogP contribution in [0.2, 0.25) is 0 Å². The molecule has 2 heterocycles. The number of ether oxygens (including phenoxy) is 5. The van der Waals surface area contributed by atoms with Crippen LogP contribution in [0, 0.1) is 0 Å². The summed E-state index contributed by atoms with van der Waals surface area (Å²) < 4.78 is 26.4. The Kier molecular flexibility index (Phi) is 17.2. The largest absolute Gasteiger partial charge is 0.508 e. The molecule has 0 aromatic rings. The van der Waals surface area contributed by atoms with Crippen molar-refractivity contribution in [2.75, 3.05) is 34.0 Å². The second-order valence-corrected chi connectivity index (χ2v) is 13.2. The minimum atomic E-state index is -3.42. The Hall–Kier alpha value is -2.85. The third kappa shape index (κ3) is 11.6. The fourth-order valence-electron chi connectivity index (χ4n) is 5.71. The molecule has 0 radical (unpaired) electrons. The lowest BCUT2D eigenvalue weighted by molar-refractivity contribution is -0.536. The highest BCUT2D eigenvalue weighted by Crippen LogP contribution is 2.46. The van der Waals surface area contributed by atoms with Gasteiger partial charge in [0.2, 0.25) is 23.9 Å². The number of hydrogen-bond donors (Lipinski definition) is 8. The Morgan fingerprint density at radius 2 is 1.67 bits per heavy atom. The Morgan fingerprint density at radius 3 is 2.24 bits per heavy atom. The highest BCUT2D eigenvalue weighted by molar-refractivity contribution is 5.90. The van der Waals surface area contributed by atoms with E-state index < -0.39 is 83.4 Å². The van der Waals surface area contributed by atoms with Gasteiger partial charge in [0.05, 0.1) is 26.9 Å². The molecule has 8 N–H and O–H groups in total. The predicted octanol–water partition coefficient (Wildman–Crippen LogP) is 1.73. The van der Waals surface area contributed by atoms with Crippen LogP contribution >= 0.6 is 0 Å². The van der Waals surface area contributed by atoms with E-state index in [0.717, 1.165) is 54.3 Å². The van der Waals surface area contributed by atoms with Crippen molar-refractivity contribution in [1.29, 1.82) is 0 Å². The Balaban J connectivity index is 2.16. The number of hydrogen-bond acceptors (Lipinski definition) is 17. The molecule has 0 aromatic carbocycles. The molecule has 0 aliphatic carbocycles. The van der Waals surface area contributed by atoms with Gasteiger partial charge in [-0.15, -0.1) is 0 Å². The first-order valence-corrected chi connectivity index (χ1v) is 17.0. The Labute approximate surface area is 296 Å². The summed E-state index contributed by atoms with van der Waals surface area (Å²) in [6, 6.07) is -1.30. The first-order chi connectivity index (χ1) is 24.0. The quantitative estimate of drug-likeness (QED) is 0.0290. The fourth-order valence-corrected chi connectivity index (χ4v) is 5.71. The number of nitrogens with one attached hydrogen (secondary N) is 2. The number of aliphatic hydroxyl groups is 5. The maximum absolute atomic E-state index is 13.6. The molecule has 51 heavy (non-hydrogen) atoms. The predicted molar refractivity (Wildman–Crippen MR) is 173 cm³/mol. The molecule has 296 valence electrons. The van der Waals surface area contributed by atoms with Gasteiger partial charge in [0, 0.05) is 7.11 Å². The summed E-state index contributed by atoms with van der Waals surface area (Å²) in [5.41, 5.74) is -2.04. The number of aliphatic hydroxyl groups excluding tert-OH is 3. The van der Waals surface area contributed by atoms with E-state index in [2.05, 4.69) is 27.3 Å². The van der Waals surface area contributed by atoms with Gasteiger partial charge < -0.3 is 59.9 Å². The summed E-state index contributed by atoms with van der Waals surface area (Å²) in [6.45, 7) is 4.67. The van der Waals surface area contributed by atoms with Crippen LogP contribution < -0.4 is 10.6 Å². The van der Waals surface area contributed by atoms with E-state index in [1.165, 1.54) is 25.7 Å². The molecule has 7 atom stereocenters. The number of rotatable bonds is 20. The van der Waals surface area contributed by atoms with Gasteiger partial charge in [-0.05, 0) is 40.0 Å². The maximum atomic E-state index is 13.6. The van der Waals surface area contributed by atoms with Crippen molar-refractivity contribution < 1.29 is 83.5 Å². The van der Waals surface area contributed by atoms with Gasteiger partial charge in [0.15, 0.2) is 17.3 Å². The summed E-state index contributed by atoms with van der Waals surface area (Å²) in [7, 11) is 2.00. The lowest BCUT2D eigenvalue weighted by Crippen LogP contribution is -2.75. The van der Waals surface area contributed by atoms with Crippen molar-refractivity contribution in [3.8, 4) is 0 Å². The molecular weight excluding hydrogens is 684 g/mol. The molecule has 0 bridgehead atoms. The van der Waals surface area contributed by atoms with Crippen LogP contribution in [0.25, 0.3) is 0 Å². The number of amides is 2. The molecule has 0 saturated carbocycles. The first-order valence-electron chi connectivity index (χ1n) is 17.0. The van der Waals surface area contributed by atoms with Crippen LogP contribution in [-0.2, 0) is 47.9 Å². The van der Waals surface area contributed by atoms with Crippen LogP contribution in [-0.4, -0.2) is 130 Å². The van der Waals surface area contributed by atoms with Crippen molar-refractivity contribution in [2.24, 2.45) is 0 Å². The highest BCUT2D eigenvalue weighted by atomic mass is 17.2. The second-order valence-electron chi connectivity index (χ2n) is 13.2.